The van der Waals surface area contributed by atoms with Gasteiger partial charge in [-0.25, -0.2) is 4.98 Å². The van der Waals surface area contributed by atoms with Gasteiger partial charge in [-0.3, -0.25) is 4.90 Å². The van der Waals surface area contributed by atoms with E-state index < -0.39 is 6.35 Å². The maximum Gasteiger partial charge on any atom is 0.229 e. The normalized spacial score (nSPS) is 17.2. The Kier molecular flexibility index (Phi) is 8.69. The summed E-state index contributed by atoms with van der Waals surface area (Å²) in [6.07, 6.45) is 3.00. The molecule has 2 aliphatic heterocycles. The van der Waals surface area contributed by atoms with Gasteiger partial charge >= 0.3 is 0 Å². The number of aromatic nitrogens is 2. The van der Waals surface area contributed by atoms with E-state index in [1.807, 2.05) is 35.4 Å². The summed E-state index contributed by atoms with van der Waals surface area (Å²) in [6, 6.07) is 18.0. The highest BCUT2D eigenvalue weighted by Gasteiger charge is 2.37. The van der Waals surface area contributed by atoms with Crippen molar-refractivity contribution in [2.45, 2.75) is 45.5 Å². The van der Waals surface area contributed by atoms with Gasteiger partial charge < -0.3 is 34.4 Å². The zero-order valence-corrected chi connectivity index (χ0v) is 26.9. The van der Waals surface area contributed by atoms with Gasteiger partial charge in [0.25, 0.3) is 0 Å². The van der Waals surface area contributed by atoms with E-state index in [0.29, 0.717) is 41.4 Å². The molecular formula is C35H42N6O4. The Labute approximate surface area is 265 Å². The van der Waals surface area contributed by atoms with Crippen molar-refractivity contribution in [3.8, 4) is 17.2 Å². The molecule has 3 aromatic carbocycles. The molecule has 45 heavy (non-hydrogen) atoms. The average molecular weight is 611 g/mol. The van der Waals surface area contributed by atoms with Crippen LogP contribution in [0.2, 0.25) is 0 Å². The number of ether oxygens (including phenoxy) is 3. The molecule has 1 fully saturated rings. The third kappa shape index (κ3) is 5.95. The van der Waals surface area contributed by atoms with Gasteiger partial charge in [0.15, 0.2) is 0 Å². The van der Waals surface area contributed by atoms with E-state index in [9.17, 15) is 5.11 Å². The zero-order chi connectivity index (χ0) is 31.7. The number of anilines is 5. The highest BCUT2D eigenvalue weighted by molar-refractivity contribution is 5.76. The maximum atomic E-state index is 12.1. The second-order valence-electron chi connectivity index (χ2n) is 11.8. The first kappa shape index (κ1) is 30.5. The standard InChI is InChI=1S/C35H42N6O4/c1-22-8-7-9-23(2)32(22)40-21-26-20-36-34(37-28-12-10-25(18-30(28)44-5)24-14-16-39(3)17-15-24)38-33(26)41(35(40)42)29-13-11-27(43-4)19-31(29)45-6/h7-13,18-20,24,35,42H,14-17,21H2,1-6H3,(H,36,37,38). The molecule has 4 aromatic rings. The molecule has 3 heterocycles. The molecule has 0 bridgehead atoms. The second kappa shape index (κ2) is 12.8. The molecule has 6 rings (SSSR count). The number of nitrogens with one attached hydrogen (secondary N) is 1. The van der Waals surface area contributed by atoms with Crippen molar-refractivity contribution >= 4 is 28.8 Å². The Bertz CT molecular complexity index is 1650. The lowest BCUT2D eigenvalue weighted by atomic mass is 9.89. The Morgan fingerprint density at radius 3 is 2.31 bits per heavy atom. The molecule has 2 aliphatic rings. The average Bonchev–Trinajstić information content (AvgIpc) is 3.05. The van der Waals surface area contributed by atoms with Crippen molar-refractivity contribution in [2.75, 3.05) is 56.6 Å². The van der Waals surface area contributed by atoms with Crippen molar-refractivity contribution in [3.63, 3.8) is 0 Å². The fourth-order valence-electron chi connectivity index (χ4n) is 6.50. The number of aliphatic hydroxyl groups excluding tert-OH is 1. The molecule has 1 unspecified atom stereocenters. The number of para-hydroxylation sites is 1. The van der Waals surface area contributed by atoms with Crippen LogP contribution >= 0.6 is 0 Å². The summed E-state index contributed by atoms with van der Waals surface area (Å²) in [7, 11) is 7.08. The van der Waals surface area contributed by atoms with Crippen LogP contribution in [0.5, 0.6) is 17.2 Å². The first-order valence-electron chi connectivity index (χ1n) is 15.3. The van der Waals surface area contributed by atoms with Crippen LogP contribution in [-0.4, -0.2) is 67.8 Å². The highest BCUT2D eigenvalue weighted by Crippen LogP contribution is 2.44. The molecule has 2 N–H and O–H groups in total. The van der Waals surface area contributed by atoms with E-state index in [1.54, 1.807) is 32.3 Å². The number of nitrogens with zero attached hydrogens (tertiary/aromatic N) is 5. The number of methoxy groups -OCH3 is 3. The first-order chi connectivity index (χ1) is 21.8. The smallest absolute Gasteiger partial charge is 0.229 e. The lowest BCUT2D eigenvalue weighted by molar-refractivity contribution is 0.165. The molecule has 236 valence electrons. The highest BCUT2D eigenvalue weighted by atomic mass is 16.5. The summed E-state index contributed by atoms with van der Waals surface area (Å²) in [5.74, 6) is 3.41. The zero-order valence-electron chi connectivity index (χ0n) is 26.9. The minimum Gasteiger partial charge on any atom is -0.497 e. The van der Waals surface area contributed by atoms with Gasteiger partial charge in [-0.1, -0.05) is 24.3 Å². The van der Waals surface area contributed by atoms with Crippen LogP contribution in [0.15, 0.2) is 60.8 Å². The van der Waals surface area contributed by atoms with Crippen molar-refractivity contribution in [1.29, 1.82) is 0 Å². The third-order valence-corrected chi connectivity index (χ3v) is 8.96. The molecule has 1 atom stereocenters. The number of piperidine rings is 1. The van der Waals surface area contributed by atoms with E-state index in [4.69, 9.17) is 24.2 Å². The molecule has 0 saturated carbocycles. The van der Waals surface area contributed by atoms with Crippen LogP contribution in [0.3, 0.4) is 0 Å². The van der Waals surface area contributed by atoms with Gasteiger partial charge in [0.2, 0.25) is 12.3 Å². The third-order valence-electron chi connectivity index (χ3n) is 8.96. The SMILES string of the molecule is COc1ccc(N2c3nc(Nc4ccc(C5CCN(C)CC5)cc4OC)ncc3CN(c3c(C)cccc3C)C2O)c(OC)c1. The fraction of sp³-hybridized carbons (Fsp3) is 0.371. The van der Waals surface area contributed by atoms with Gasteiger partial charge in [0.05, 0.1) is 39.2 Å². The summed E-state index contributed by atoms with van der Waals surface area (Å²) in [6.45, 7) is 6.72. The molecular weight excluding hydrogens is 568 g/mol. The van der Waals surface area contributed by atoms with Gasteiger partial charge in [0.1, 0.15) is 23.1 Å². The van der Waals surface area contributed by atoms with Gasteiger partial charge in [-0.2, -0.15) is 4.98 Å². The number of rotatable bonds is 8. The van der Waals surface area contributed by atoms with Crippen LogP contribution in [0.25, 0.3) is 0 Å². The van der Waals surface area contributed by atoms with E-state index in [2.05, 4.69) is 55.4 Å². The summed E-state index contributed by atoms with van der Waals surface area (Å²) in [5, 5.41) is 15.4. The number of hydrogen-bond acceptors (Lipinski definition) is 10. The minimum absolute atomic E-state index is 0.393. The van der Waals surface area contributed by atoms with Gasteiger partial charge in [0, 0.05) is 23.5 Å². The number of benzene rings is 3. The predicted molar refractivity (Wildman–Crippen MR) is 178 cm³/mol. The van der Waals surface area contributed by atoms with Crippen molar-refractivity contribution in [3.05, 3.63) is 83.0 Å². The Hall–Kier alpha value is -4.54. The van der Waals surface area contributed by atoms with Crippen LogP contribution in [0, 0.1) is 13.8 Å². The number of aryl methyl sites for hydroxylation is 2. The number of fused-ring (bicyclic) bond motifs is 1. The minimum atomic E-state index is -1.08. The molecule has 10 heteroatoms. The predicted octanol–water partition coefficient (Wildman–Crippen LogP) is 6.11. The summed E-state index contributed by atoms with van der Waals surface area (Å²) in [4.78, 5) is 15.8. The van der Waals surface area contributed by atoms with E-state index >= 15 is 0 Å². The molecule has 0 amide bonds. The van der Waals surface area contributed by atoms with Crippen LogP contribution < -0.4 is 29.3 Å². The number of aliphatic hydroxyl groups is 1. The lowest BCUT2D eigenvalue weighted by Crippen LogP contribution is -2.51. The summed E-state index contributed by atoms with van der Waals surface area (Å²) < 4.78 is 17.1. The second-order valence-corrected chi connectivity index (χ2v) is 11.8. The molecule has 0 aliphatic carbocycles. The summed E-state index contributed by atoms with van der Waals surface area (Å²) >= 11 is 0. The maximum absolute atomic E-state index is 12.1. The molecule has 1 aromatic heterocycles. The molecule has 0 spiro atoms. The van der Waals surface area contributed by atoms with Gasteiger partial charge in [-0.05, 0) is 93.7 Å². The van der Waals surface area contributed by atoms with Crippen molar-refractivity contribution in [2.24, 2.45) is 0 Å². The van der Waals surface area contributed by atoms with E-state index in [-0.39, 0.29) is 0 Å². The number of likely N-dealkylation sites (tertiary alicyclic amines) is 1. The van der Waals surface area contributed by atoms with Crippen molar-refractivity contribution < 1.29 is 19.3 Å². The largest absolute Gasteiger partial charge is 0.497 e. The molecule has 10 nitrogen and oxygen atoms in total. The van der Waals surface area contributed by atoms with Crippen LogP contribution in [-0.2, 0) is 6.54 Å². The monoisotopic (exact) mass is 610 g/mol. The Balaban J connectivity index is 1.39. The number of hydrogen-bond donors (Lipinski definition) is 2. The van der Waals surface area contributed by atoms with Crippen LogP contribution in [0.1, 0.15) is 41.0 Å². The van der Waals surface area contributed by atoms with E-state index in [0.717, 1.165) is 59.7 Å². The van der Waals surface area contributed by atoms with E-state index in [1.165, 1.54) is 5.56 Å². The first-order valence-corrected chi connectivity index (χ1v) is 15.3. The quantitative estimate of drug-likeness (QED) is 0.243. The lowest BCUT2D eigenvalue weighted by Gasteiger charge is -2.44. The molecule has 0 radical (unpaired) electrons. The Morgan fingerprint density at radius 2 is 1.62 bits per heavy atom. The fourth-order valence-corrected chi connectivity index (χ4v) is 6.50. The Morgan fingerprint density at radius 1 is 0.889 bits per heavy atom. The molecule has 1 saturated heterocycles. The topological polar surface area (TPSA) is 95.5 Å². The van der Waals surface area contributed by atoms with Gasteiger partial charge in [-0.15, -0.1) is 0 Å². The summed E-state index contributed by atoms with van der Waals surface area (Å²) in [5.41, 5.74) is 6.65. The van der Waals surface area contributed by atoms with Crippen LogP contribution in [0.4, 0.5) is 28.8 Å². The van der Waals surface area contributed by atoms with Crippen molar-refractivity contribution in [1.82, 2.24) is 14.9 Å².